The van der Waals surface area contributed by atoms with Gasteiger partial charge in [-0.3, -0.25) is 14.9 Å². The first kappa shape index (κ1) is 14.2. The number of aryl methyl sites for hydroxylation is 1. The maximum absolute atomic E-state index is 12.4. The zero-order valence-corrected chi connectivity index (χ0v) is 11.9. The van der Waals surface area contributed by atoms with Gasteiger partial charge in [-0.1, -0.05) is 25.5 Å². The predicted molar refractivity (Wildman–Crippen MR) is 75.3 cm³/mol. The molecule has 1 atom stereocenters. The second-order valence-corrected chi connectivity index (χ2v) is 5.03. The van der Waals surface area contributed by atoms with E-state index >= 15 is 0 Å². The third kappa shape index (κ3) is 2.31. The first-order valence-electron chi connectivity index (χ1n) is 6.72. The molecule has 5 heteroatoms. The van der Waals surface area contributed by atoms with Gasteiger partial charge in [0.2, 0.25) is 11.8 Å². The van der Waals surface area contributed by atoms with E-state index in [1.165, 1.54) is 0 Å². The SMILES string of the molecule is CCCC1C(=O)NC(=O)N(c2cccc(C)c2C)C1=O. The lowest BCUT2D eigenvalue weighted by Crippen LogP contribution is -2.58. The quantitative estimate of drug-likeness (QED) is 0.860. The van der Waals surface area contributed by atoms with Crippen molar-refractivity contribution in [2.45, 2.75) is 33.6 Å². The van der Waals surface area contributed by atoms with Crippen LogP contribution >= 0.6 is 0 Å². The zero-order chi connectivity index (χ0) is 14.9. The Bertz CT molecular complexity index is 580. The van der Waals surface area contributed by atoms with E-state index in [-0.39, 0.29) is 0 Å². The largest absolute Gasteiger partial charge is 0.335 e. The Morgan fingerprint density at radius 1 is 1.20 bits per heavy atom. The average molecular weight is 274 g/mol. The Labute approximate surface area is 118 Å². The molecule has 1 saturated heterocycles. The van der Waals surface area contributed by atoms with Gasteiger partial charge in [0.15, 0.2) is 0 Å². The number of imide groups is 2. The van der Waals surface area contributed by atoms with Crippen molar-refractivity contribution < 1.29 is 14.4 Å². The number of nitrogens with zero attached hydrogens (tertiary/aromatic N) is 1. The van der Waals surface area contributed by atoms with Crippen LogP contribution in [0.5, 0.6) is 0 Å². The molecule has 0 spiro atoms. The molecule has 1 unspecified atom stereocenters. The number of rotatable bonds is 3. The number of hydrogen-bond donors (Lipinski definition) is 1. The van der Waals surface area contributed by atoms with E-state index in [0.717, 1.165) is 16.0 Å². The van der Waals surface area contributed by atoms with E-state index in [0.29, 0.717) is 18.5 Å². The van der Waals surface area contributed by atoms with Crippen LogP contribution in [0.1, 0.15) is 30.9 Å². The molecule has 20 heavy (non-hydrogen) atoms. The summed E-state index contributed by atoms with van der Waals surface area (Å²) in [4.78, 5) is 37.3. The topological polar surface area (TPSA) is 66.5 Å². The Balaban J connectivity index is 2.44. The standard InChI is InChI=1S/C15H18N2O3/c1-4-6-11-13(18)16-15(20)17(14(11)19)12-8-5-7-9(2)10(12)3/h5,7-8,11H,4,6H2,1-3H3,(H,16,18,20). The Morgan fingerprint density at radius 2 is 1.90 bits per heavy atom. The lowest BCUT2D eigenvalue weighted by molar-refractivity contribution is -0.134. The first-order valence-corrected chi connectivity index (χ1v) is 6.72. The molecule has 5 nitrogen and oxygen atoms in total. The Hall–Kier alpha value is -2.17. The van der Waals surface area contributed by atoms with Crippen LogP contribution in [0.2, 0.25) is 0 Å². The van der Waals surface area contributed by atoms with Crippen molar-refractivity contribution in [1.29, 1.82) is 0 Å². The molecule has 0 radical (unpaired) electrons. The highest BCUT2D eigenvalue weighted by atomic mass is 16.2. The van der Waals surface area contributed by atoms with Crippen LogP contribution in [-0.4, -0.2) is 17.8 Å². The van der Waals surface area contributed by atoms with Gasteiger partial charge in [0, 0.05) is 0 Å². The highest BCUT2D eigenvalue weighted by Gasteiger charge is 2.41. The predicted octanol–water partition coefficient (Wildman–Crippen LogP) is 2.30. The van der Waals surface area contributed by atoms with Crippen molar-refractivity contribution in [3.05, 3.63) is 29.3 Å². The van der Waals surface area contributed by atoms with Gasteiger partial charge in [-0.15, -0.1) is 0 Å². The van der Waals surface area contributed by atoms with Crippen molar-refractivity contribution in [3.8, 4) is 0 Å². The summed E-state index contributed by atoms with van der Waals surface area (Å²) in [6, 6.07) is 4.77. The normalized spacial score (nSPS) is 19.2. The molecule has 4 amide bonds. The van der Waals surface area contributed by atoms with Crippen LogP contribution in [0.25, 0.3) is 0 Å². The van der Waals surface area contributed by atoms with Gasteiger partial charge in [0.1, 0.15) is 5.92 Å². The van der Waals surface area contributed by atoms with Crippen molar-refractivity contribution in [2.75, 3.05) is 4.90 Å². The summed E-state index contributed by atoms with van der Waals surface area (Å²) >= 11 is 0. The van der Waals surface area contributed by atoms with Crippen LogP contribution in [0.3, 0.4) is 0 Å². The number of hydrogen-bond acceptors (Lipinski definition) is 3. The number of benzene rings is 1. The minimum atomic E-state index is -0.780. The number of barbiturate groups is 1. The fourth-order valence-electron chi connectivity index (χ4n) is 2.37. The van der Waals surface area contributed by atoms with E-state index in [4.69, 9.17) is 0 Å². The van der Waals surface area contributed by atoms with Crippen LogP contribution < -0.4 is 10.2 Å². The van der Waals surface area contributed by atoms with E-state index in [9.17, 15) is 14.4 Å². The van der Waals surface area contributed by atoms with Crippen LogP contribution in [0, 0.1) is 19.8 Å². The van der Waals surface area contributed by atoms with Gasteiger partial charge in [-0.2, -0.15) is 0 Å². The van der Waals surface area contributed by atoms with Crippen LogP contribution in [-0.2, 0) is 9.59 Å². The molecule has 0 aromatic heterocycles. The minimum Gasteiger partial charge on any atom is -0.277 e. The average Bonchev–Trinajstić information content (AvgIpc) is 2.39. The maximum Gasteiger partial charge on any atom is 0.335 e. The third-order valence-electron chi connectivity index (χ3n) is 3.66. The third-order valence-corrected chi connectivity index (χ3v) is 3.66. The molecule has 1 aromatic carbocycles. The second kappa shape index (κ2) is 5.45. The zero-order valence-electron chi connectivity index (χ0n) is 11.9. The van der Waals surface area contributed by atoms with Gasteiger partial charge in [0.25, 0.3) is 0 Å². The van der Waals surface area contributed by atoms with Gasteiger partial charge in [-0.25, -0.2) is 9.69 Å². The lowest BCUT2D eigenvalue weighted by atomic mass is 9.98. The summed E-state index contributed by atoms with van der Waals surface area (Å²) in [6.07, 6.45) is 1.15. The molecule has 1 aromatic rings. The number of nitrogens with one attached hydrogen (secondary N) is 1. The molecule has 0 saturated carbocycles. The second-order valence-electron chi connectivity index (χ2n) is 5.03. The number of carbonyl (C=O) groups excluding carboxylic acids is 3. The molecular weight excluding hydrogens is 256 g/mol. The smallest absolute Gasteiger partial charge is 0.277 e. The summed E-state index contributed by atoms with van der Waals surface area (Å²) < 4.78 is 0. The van der Waals surface area contributed by atoms with E-state index < -0.39 is 23.8 Å². The van der Waals surface area contributed by atoms with Gasteiger partial charge < -0.3 is 0 Å². The van der Waals surface area contributed by atoms with Gasteiger partial charge >= 0.3 is 6.03 Å². The van der Waals surface area contributed by atoms with Crippen LogP contribution in [0.15, 0.2) is 18.2 Å². The molecule has 0 bridgehead atoms. The fourth-order valence-corrected chi connectivity index (χ4v) is 2.37. The summed E-state index contributed by atoms with van der Waals surface area (Å²) in [7, 11) is 0. The molecular formula is C15H18N2O3. The molecule has 1 N–H and O–H groups in total. The van der Waals surface area contributed by atoms with Crippen molar-refractivity contribution in [2.24, 2.45) is 5.92 Å². The number of carbonyl (C=O) groups is 3. The Kier molecular flexibility index (Phi) is 3.88. The maximum atomic E-state index is 12.4. The number of urea groups is 1. The van der Waals surface area contributed by atoms with Crippen molar-refractivity contribution in [3.63, 3.8) is 0 Å². The van der Waals surface area contributed by atoms with Gasteiger partial charge in [0.05, 0.1) is 5.69 Å². The van der Waals surface area contributed by atoms with Crippen molar-refractivity contribution >= 4 is 23.5 Å². The number of amides is 4. The fraction of sp³-hybridized carbons (Fsp3) is 0.400. The highest BCUT2D eigenvalue weighted by molar-refractivity contribution is 6.27. The summed E-state index contributed by atoms with van der Waals surface area (Å²) in [5.41, 5.74) is 2.40. The monoisotopic (exact) mass is 274 g/mol. The molecule has 1 aliphatic rings. The molecule has 0 aliphatic carbocycles. The van der Waals surface area contributed by atoms with Crippen LogP contribution in [0.4, 0.5) is 10.5 Å². The lowest BCUT2D eigenvalue weighted by Gasteiger charge is -2.31. The molecule has 2 rings (SSSR count). The molecule has 1 heterocycles. The first-order chi connectivity index (χ1) is 9.47. The van der Waals surface area contributed by atoms with Gasteiger partial charge in [-0.05, 0) is 37.5 Å². The van der Waals surface area contributed by atoms with E-state index in [2.05, 4.69) is 5.32 Å². The molecule has 106 valence electrons. The Morgan fingerprint density at radius 3 is 2.55 bits per heavy atom. The molecule has 1 aliphatic heterocycles. The molecule has 1 fully saturated rings. The highest BCUT2D eigenvalue weighted by Crippen LogP contribution is 2.27. The summed E-state index contributed by atoms with van der Waals surface area (Å²) in [5, 5.41) is 2.27. The summed E-state index contributed by atoms with van der Waals surface area (Å²) in [6.45, 7) is 5.68. The van der Waals surface area contributed by atoms with E-state index in [1.807, 2.05) is 26.8 Å². The van der Waals surface area contributed by atoms with E-state index in [1.54, 1.807) is 12.1 Å². The minimum absolute atomic E-state index is 0.436. The summed E-state index contributed by atoms with van der Waals surface area (Å²) in [5.74, 6) is -1.71. The number of anilines is 1. The van der Waals surface area contributed by atoms with Crippen molar-refractivity contribution in [1.82, 2.24) is 5.32 Å².